The Bertz CT molecular complexity index is 6220. The van der Waals surface area contributed by atoms with E-state index in [0.29, 0.717) is 44.1 Å². The van der Waals surface area contributed by atoms with Crippen LogP contribution in [0.2, 0.25) is 0 Å². The maximum atomic E-state index is 13.1. The largest absolute Gasteiger partial charge is 0.477 e. The van der Waals surface area contributed by atoms with E-state index in [2.05, 4.69) is 15.4 Å². The van der Waals surface area contributed by atoms with Gasteiger partial charge in [0.2, 0.25) is 38.5 Å². The van der Waals surface area contributed by atoms with Crippen LogP contribution >= 0.6 is 0 Å². The van der Waals surface area contributed by atoms with E-state index in [4.69, 9.17) is 25.3 Å². The van der Waals surface area contributed by atoms with E-state index >= 15 is 0 Å². The van der Waals surface area contributed by atoms with Crippen LogP contribution in [0, 0.1) is 34.9 Å². The fraction of sp³-hybridized carbons (Fsp3) is 0.141. The van der Waals surface area contributed by atoms with Crippen molar-refractivity contribution in [3.63, 3.8) is 0 Å². The highest BCUT2D eigenvalue weighted by Crippen LogP contribution is 2.26. The molecule has 8 N–H and O–H groups in total. The molecule has 6 aromatic carbocycles. The van der Waals surface area contributed by atoms with Crippen LogP contribution in [-0.2, 0) is 0 Å². The third-order valence-corrected chi connectivity index (χ3v) is 17.8. The lowest BCUT2D eigenvalue weighted by Gasteiger charge is -2.38. The number of hydrogen-bond acceptors (Lipinski definition) is 18. The first kappa shape index (κ1) is 92.4. The summed E-state index contributed by atoms with van der Waals surface area (Å²) in [6, 6.07) is 31.6. The molecule has 0 amide bonds. The summed E-state index contributed by atoms with van der Waals surface area (Å²) in [5, 5.41) is 69.8. The molecule has 638 valence electrons. The molecule has 0 atom stereocenters. The number of carboxylic acids is 6. The number of hydrogen-bond donors (Lipinski definition) is 8. The molecule has 1 saturated heterocycles. The molecule has 0 aliphatic carbocycles. The van der Waals surface area contributed by atoms with Crippen molar-refractivity contribution < 1.29 is 95.8 Å². The number of carboxylic acid groups (broad SMARTS) is 6. The molecular weight excluding hydrogens is 1620 g/mol. The number of nitrogens with zero attached hydrogens (tertiary/aromatic N) is 11. The highest BCUT2D eigenvalue weighted by atomic mass is 19.1. The number of likely N-dealkylation sites (N-methyl/N-ethyl adjacent to an activating group) is 1. The van der Waals surface area contributed by atoms with Crippen molar-refractivity contribution in [2.24, 2.45) is 5.10 Å². The van der Waals surface area contributed by atoms with Gasteiger partial charge in [-0.1, -0.05) is 72.8 Å². The first-order valence-electron chi connectivity index (χ1n) is 35.8. The summed E-state index contributed by atoms with van der Waals surface area (Å²) in [6.45, 7) is 1.59. The van der Waals surface area contributed by atoms with E-state index in [9.17, 15) is 99.3 Å². The van der Waals surface area contributed by atoms with Crippen LogP contribution in [0.1, 0.15) is 68.2 Å². The number of rotatable bonds is 17. The van der Waals surface area contributed by atoms with Gasteiger partial charge in [0.05, 0.1) is 30.8 Å². The Hall–Kier alpha value is -16.2. The predicted molar refractivity (Wildman–Crippen MR) is 440 cm³/mol. The zero-order valence-electron chi connectivity index (χ0n) is 66.4. The third kappa shape index (κ3) is 23.6. The Balaban J connectivity index is 0.000000184. The minimum atomic E-state index is -1.44. The van der Waals surface area contributed by atoms with Crippen LogP contribution in [-0.4, -0.2) is 197 Å². The maximum Gasteiger partial charge on any atom is 0.341 e. The quantitative estimate of drug-likeness (QED) is 0.0182. The van der Waals surface area contributed by atoms with Gasteiger partial charge in [0.1, 0.15) is 75.4 Å². The van der Waals surface area contributed by atoms with Gasteiger partial charge in [0, 0.05) is 145 Å². The highest BCUT2D eigenvalue weighted by Gasteiger charge is 2.28. The van der Waals surface area contributed by atoms with E-state index in [1.807, 2.05) is 7.05 Å². The highest BCUT2D eigenvalue weighted by molar-refractivity contribution is 5.92. The smallest absolute Gasteiger partial charge is 0.341 e. The summed E-state index contributed by atoms with van der Waals surface area (Å²) in [5.74, 6) is -10.1. The molecule has 12 aromatic rings. The molecule has 123 heavy (non-hydrogen) atoms. The molecule has 1 aliphatic rings. The molecule has 0 spiro atoms. The van der Waals surface area contributed by atoms with Crippen molar-refractivity contribution >= 4 is 41.8 Å². The normalized spacial score (nSPS) is 11.2. The molecule has 1 fully saturated rings. The molecule has 13 rings (SSSR count). The summed E-state index contributed by atoms with van der Waals surface area (Å²) in [6.07, 6.45) is 15.3. The van der Waals surface area contributed by atoms with E-state index in [1.165, 1.54) is 198 Å². The third-order valence-electron chi connectivity index (χ3n) is 17.8. The number of aromatic carboxylic acids is 6. The summed E-state index contributed by atoms with van der Waals surface area (Å²) >= 11 is 0. The average molecular weight is 1700 g/mol. The number of carbonyl (C=O) groups is 6. The molecule has 0 unspecified atom stereocenters. The number of halogens is 6. The topological polar surface area (TPSA) is 423 Å². The number of pyridine rings is 6. The van der Waals surface area contributed by atoms with Gasteiger partial charge in [0.25, 0.3) is 0 Å². The lowest BCUT2D eigenvalue weighted by Crippen LogP contribution is -2.45. The fourth-order valence-corrected chi connectivity index (χ4v) is 11.6. The molecule has 32 nitrogen and oxygen atoms in total. The molecule has 1 aliphatic heterocycles. The lowest BCUT2D eigenvalue weighted by molar-refractivity contribution is 0.0679. The Morgan fingerprint density at radius 3 is 0.976 bits per heavy atom. The number of benzene rings is 6. The van der Waals surface area contributed by atoms with E-state index in [1.54, 1.807) is 74.9 Å². The van der Waals surface area contributed by atoms with Crippen molar-refractivity contribution in [1.82, 2.24) is 42.8 Å². The van der Waals surface area contributed by atoms with Crippen LogP contribution < -0.4 is 47.8 Å². The zero-order valence-corrected chi connectivity index (χ0v) is 66.4. The number of likely N-dealkylation sites (tertiary alicyclic amines) is 1. The Morgan fingerprint density at radius 2 is 0.659 bits per heavy atom. The maximum absolute atomic E-state index is 13.1. The summed E-state index contributed by atoms with van der Waals surface area (Å²) in [4.78, 5) is 150. The molecule has 0 saturated carbocycles. The summed E-state index contributed by atoms with van der Waals surface area (Å²) in [7, 11) is 15.5. The van der Waals surface area contributed by atoms with Gasteiger partial charge in [-0.15, -0.1) is 5.10 Å². The summed E-state index contributed by atoms with van der Waals surface area (Å²) in [5.41, 5.74) is 0.0834. The van der Waals surface area contributed by atoms with Gasteiger partial charge < -0.3 is 70.4 Å². The summed E-state index contributed by atoms with van der Waals surface area (Å²) < 4.78 is 85.1. The van der Waals surface area contributed by atoms with E-state index < -0.39 is 120 Å². The monoisotopic (exact) mass is 1700 g/mol. The lowest BCUT2D eigenvalue weighted by atomic mass is 10.0. The van der Waals surface area contributed by atoms with Crippen molar-refractivity contribution in [2.75, 3.05) is 87.0 Å². The van der Waals surface area contributed by atoms with Crippen molar-refractivity contribution in [2.45, 2.75) is 6.04 Å². The Morgan fingerprint density at radius 1 is 0.374 bits per heavy atom. The minimum Gasteiger partial charge on any atom is -0.477 e. The number of nitrogens with one attached hydrogen (secondary N) is 1. The molecule has 0 bridgehead atoms. The first-order chi connectivity index (χ1) is 58.1. The Labute approximate surface area is 692 Å². The van der Waals surface area contributed by atoms with Crippen LogP contribution in [0.25, 0.3) is 66.8 Å². The van der Waals surface area contributed by atoms with Crippen molar-refractivity contribution in [1.29, 1.82) is 0 Å². The number of guanidine groups is 1. The van der Waals surface area contributed by atoms with E-state index in [0.717, 1.165) is 54.7 Å². The van der Waals surface area contributed by atoms with Crippen molar-refractivity contribution in [3.05, 3.63) is 350 Å². The first-order valence-corrected chi connectivity index (χ1v) is 35.8. The molecular formula is C85H76F6N12O20. The second kappa shape index (κ2) is 40.8. The van der Waals surface area contributed by atoms with Gasteiger partial charge in [-0.05, 0) is 113 Å². The number of aromatic nitrogens is 6. The minimum absolute atomic E-state index is 0.0163. The van der Waals surface area contributed by atoms with Crippen LogP contribution in [0.15, 0.2) is 254 Å². The fourth-order valence-electron chi connectivity index (χ4n) is 11.6. The van der Waals surface area contributed by atoms with Gasteiger partial charge in [-0.25, -0.2) is 64.5 Å². The van der Waals surface area contributed by atoms with Crippen molar-refractivity contribution in [3.8, 4) is 66.8 Å². The second-order valence-electron chi connectivity index (χ2n) is 27.0. The standard InChI is InChI=1S/C17H19FN4O3.C16H15FN2O3.C14H13FN2O3.C13H11FN2O3.C13H10FNO4.C12H8FNO4/c1-20(2)17(21(3)4)19-22-9-13(11-5-7-12(18)8-6-11)15(23)14(10-22)16(24)25;1-18-6-12(7-18)19-8-13(10-2-4-11(17)5-3-10)15(20)14(9-19)16(21)22;1-16(2)17-7-11(9-3-5-10(15)6-4-9)13(18)12(8-17)14(19)20;1-15-16-6-10(8-2-4-9(14)5-3-8)12(17)11(7-16)13(18)19;1-19-15-6-10(8-2-4-9(14)5-3-8)12(16)11(7-15)13(17)18;13-8-3-1-7(2-4-8)9-5-14(18)6-10(11(9)15)12(16)17/h5-10H,1-4H3,(H,24,25);2-5,8-9,12H,6-7H2,1H3,(H,21,22);3-8H,1-2H3,(H,19,20);2-7,15H,1H3,(H,18,19);2-7H,1H3,(H,17,18);1-6,18H,(H,16,17). The van der Waals surface area contributed by atoms with E-state index in [-0.39, 0.29) is 56.1 Å². The average Bonchev–Trinajstić information content (AvgIpc) is 0.763. The van der Waals surface area contributed by atoms with Gasteiger partial charge >= 0.3 is 35.8 Å². The van der Waals surface area contributed by atoms with Crippen LogP contribution in [0.4, 0.5) is 26.3 Å². The SMILES string of the molecule is CN(C)C(=Nn1cc(C(=O)O)c(=O)c(-c2ccc(F)cc2)c1)N(C)C.CN(C)n1cc(C(=O)O)c(=O)c(-c2ccc(F)cc2)c1.CN1CC(n2cc(C(=O)O)c(=O)c(-c3ccc(F)cc3)c2)C1.CNn1cc(C(=O)O)c(=O)c(-c2ccc(F)cc2)c1.COn1cc(C(=O)O)c(=O)c(-c2ccc(F)cc2)c1.O=C(O)c1cn(O)cc(-c2ccc(F)cc2)c1=O. The molecule has 38 heteroatoms. The predicted octanol–water partition coefficient (Wildman–Crippen LogP) is 9.51. The Kier molecular flexibility index (Phi) is 30.6. The van der Waals surface area contributed by atoms with Gasteiger partial charge in [0.15, 0.2) is 0 Å². The van der Waals surface area contributed by atoms with Crippen LogP contribution in [0.5, 0.6) is 0 Å². The molecule has 0 radical (unpaired) electrons. The second-order valence-corrected chi connectivity index (χ2v) is 27.0. The molecule has 6 aromatic heterocycles. The van der Waals surface area contributed by atoms with Gasteiger partial charge in [-0.3, -0.25) is 38.1 Å². The van der Waals surface area contributed by atoms with Gasteiger partial charge in [-0.2, -0.15) is 4.73 Å². The van der Waals surface area contributed by atoms with Crippen LogP contribution in [0.3, 0.4) is 0 Å². The zero-order chi connectivity index (χ0) is 90.7. The molecule has 7 heterocycles.